The molecule has 2 aromatic heterocycles. The minimum Gasteiger partial charge on any atom is -0.388 e. The highest BCUT2D eigenvalue weighted by molar-refractivity contribution is 7.97. The quantitative estimate of drug-likeness (QED) is 0.233. The Hall–Kier alpha value is -1.71. The van der Waals surface area contributed by atoms with Crippen LogP contribution in [-0.4, -0.2) is 88.9 Å². The van der Waals surface area contributed by atoms with Crippen LogP contribution in [0.1, 0.15) is 37.7 Å². The molecular weight excluding hydrogens is 481 g/mol. The fraction of sp³-hybridized carbons (Fsp3) is 0.706. The van der Waals surface area contributed by atoms with Crippen LogP contribution >= 0.6 is 7.60 Å². The molecule has 4 atom stereocenters. The highest BCUT2D eigenvalue weighted by Crippen LogP contribution is 2.38. The molecule has 0 amide bonds. The van der Waals surface area contributed by atoms with E-state index in [1.165, 1.54) is 10.9 Å². The van der Waals surface area contributed by atoms with E-state index < -0.39 is 59.8 Å². The standard InChI is InChI=1S/C17H26N5O9PS/c23-6-12-20-15(19-9-3-1-2-4-9)10-5-18-22(16(10)21-12)17-14(25)13(24)11(31-17)7-33(29,30)8-32(26,27)28/h5,9,11,13-14,17,23-25H,1-4,6-8H2,(H,19,20,21)(H2,26,27,28)/t11-,13-,14-,17-/m1/s1. The molecule has 0 spiro atoms. The van der Waals surface area contributed by atoms with E-state index in [-0.39, 0.29) is 17.5 Å². The normalized spacial score (nSPS) is 26.9. The summed E-state index contributed by atoms with van der Waals surface area (Å²) in [4.78, 5) is 26.5. The number of hydrogen-bond donors (Lipinski definition) is 6. The highest BCUT2D eigenvalue weighted by Gasteiger charge is 2.47. The maximum absolute atomic E-state index is 12.1. The third-order valence-electron chi connectivity index (χ3n) is 5.70. The third-order valence-corrected chi connectivity index (χ3v) is 9.45. The molecule has 14 nitrogen and oxygen atoms in total. The molecule has 6 N–H and O–H groups in total. The summed E-state index contributed by atoms with van der Waals surface area (Å²) in [5.41, 5.74) is -1.20. The first-order valence-electron chi connectivity index (χ1n) is 10.4. The predicted octanol–water partition coefficient (Wildman–Crippen LogP) is -1.16. The van der Waals surface area contributed by atoms with Gasteiger partial charge in [-0.3, -0.25) is 4.57 Å². The second kappa shape index (κ2) is 9.15. The van der Waals surface area contributed by atoms with Crippen molar-refractivity contribution < 1.29 is 42.8 Å². The van der Waals surface area contributed by atoms with E-state index in [1.54, 1.807) is 0 Å². The number of aromatic nitrogens is 4. The van der Waals surface area contributed by atoms with Gasteiger partial charge in [-0.25, -0.2) is 23.1 Å². The molecule has 2 fully saturated rings. The van der Waals surface area contributed by atoms with Gasteiger partial charge in [-0.2, -0.15) is 5.10 Å². The lowest BCUT2D eigenvalue weighted by atomic mass is 10.1. The fourth-order valence-electron chi connectivity index (χ4n) is 4.23. The molecule has 4 rings (SSSR count). The second-order valence-electron chi connectivity index (χ2n) is 8.35. The zero-order valence-corrected chi connectivity index (χ0v) is 19.1. The lowest BCUT2D eigenvalue weighted by Gasteiger charge is -2.17. The predicted molar refractivity (Wildman–Crippen MR) is 114 cm³/mol. The fourth-order valence-corrected chi connectivity index (χ4v) is 7.48. The maximum Gasteiger partial charge on any atom is 0.340 e. The summed E-state index contributed by atoms with van der Waals surface area (Å²) < 4.78 is 42.0. The topological polar surface area (TPSA) is 217 Å². The number of fused-ring (bicyclic) bond motifs is 1. The smallest absolute Gasteiger partial charge is 0.340 e. The zero-order chi connectivity index (χ0) is 24.0. The van der Waals surface area contributed by atoms with E-state index in [0.717, 1.165) is 25.7 Å². The Bertz CT molecular complexity index is 1160. The Labute approximate surface area is 188 Å². The van der Waals surface area contributed by atoms with Gasteiger partial charge in [0.05, 0.1) is 17.3 Å². The largest absolute Gasteiger partial charge is 0.388 e. The minimum absolute atomic E-state index is 0.0959. The van der Waals surface area contributed by atoms with Crippen LogP contribution in [0, 0.1) is 0 Å². The summed E-state index contributed by atoms with van der Waals surface area (Å²) in [6, 6.07) is 0.205. The van der Waals surface area contributed by atoms with Gasteiger partial charge in [-0.15, -0.1) is 0 Å². The average molecular weight is 507 g/mol. The van der Waals surface area contributed by atoms with Crippen LogP contribution in [0.2, 0.25) is 0 Å². The van der Waals surface area contributed by atoms with Crippen molar-refractivity contribution >= 4 is 34.3 Å². The van der Waals surface area contributed by atoms with Gasteiger partial charge >= 0.3 is 7.60 Å². The summed E-state index contributed by atoms with van der Waals surface area (Å²) in [5, 5.41) is 38.5. The van der Waals surface area contributed by atoms with Crippen LogP contribution in [0.4, 0.5) is 5.82 Å². The lowest BCUT2D eigenvalue weighted by molar-refractivity contribution is -0.0365. The molecule has 2 aromatic rings. The minimum atomic E-state index is -4.86. The molecule has 1 aliphatic carbocycles. The summed E-state index contributed by atoms with van der Waals surface area (Å²) in [6.07, 6.45) is -0.476. The average Bonchev–Trinajstić information content (AvgIpc) is 3.42. The van der Waals surface area contributed by atoms with Gasteiger partial charge in [0, 0.05) is 6.04 Å². The van der Waals surface area contributed by atoms with Crippen LogP contribution in [0.15, 0.2) is 6.20 Å². The number of aliphatic hydroxyl groups is 3. The number of nitrogens with one attached hydrogen (secondary N) is 1. The van der Waals surface area contributed by atoms with Gasteiger partial charge in [0.1, 0.15) is 30.7 Å². The van der Waals surface area contributed by atoms with Crippen LogP contribution in [0.3, 0.4) is 0 Å². The van der Waals surface area contributed by atoms with Crippen LogP contribution in [-0.2, 0) is 25.7 Å². The number of ether oxygens (including phenoxy) is 1. The molecule has 1 aliphatic heterocycles. The van der Waals surface area contributed by atoms with Gasteiger partial charge in [0.25, 0.3) is 0 Å². The molecule has 0 aromatic carbocycles. The Morgan fingerprint density at radius 3 is 2.52 bits per heavy atom. The van der Waals surface area contributed by atoms with E-state index in [1.807, 2.05) is 0 Å². The van der Waals surface area contributed by atoms with Crippen molar-refractivity contribution in [2.45, 2.75) is 62.9 Å². The van der Waals surface area contributed by atoms with E-state index in [0.29, 0.717) is 11.2 Å². The molecule has 0 bridgehead atoms. The molecular formula is C17H26N5O9PS. The molecule has 0 radical (unpaired) electrons. The van der Waals surface area contributed by atoms with Gasteiger partial charge in [0.2, 0.25) is 0 Å². The van der Waals surface area contributed by atoms with Crippen molar-refractivity contribution in [3.63, 3.8) is 0 Å². The Kier molecular flexibility index (Phi) is 6.77. The Morgan fingerprint density at radius 2 is 1.88 bits per heavy atom. The van der Waals surface area contributed by atoms with Gasteiger partial charge in [-0.05, 0) is 12.8 Å². The number of hydrogen-bond acceptors (Lipinski definition) is 11. The first-order valence-corrected chi connectivity index (χ1v) is 14.0. The Balaban J connectivity index is 1.62. The number of sulfone groups is 1. The molecule has 184 valence electrons. The maximum atomic E-state index is 12.1. The van der Waals surface area contributed by atoms with Crippen molar-refractivity contribution in [1.29, 1.82) is 0 Å². The monoisotopic (exact) mass is 507 g/mol. The Morgan fingerprint density at radius 1 is 1.18 bits per heavy atom. The van der Waals surface area contributed by atoms with Crippen molar-refractivity contribution in [1.82, 2.24) is 19.7 Å². The molecule has 33 heavy (non-hydrogen) atoms. The first-order chi connectivity index (χ1) is 15.5. The van der Waals surface area contributed by atoms with Gasteiger partial charge < -0.3 is 35.2 Å². The molecule has 16 heteroatoms. The molecule has 1 saturated heterocycles. The third kappa shape index (κ3) is 5.35. The van der Waals surface area contributed by atoms with Crippen molar-refractivity contribution in [2.24, 2.45) is 0 Å². The van der Waals surface area contributed by atoms with Crippen molar-refractivity contribution in [2.75, 3.05) is 16.6 Å². The SMILES string of the molecule is O=P(O)(O)CS(=O)(=O)C[C@H]1O[C@@H](n2ncc3c(NC4CCCC4)nc(CO)nc32)[C@H](O)[C@@H]1O. The van der Waals surface area contributed by atoms with Gasteiger partial charge in [0.15, 0.2) is 33.0 Å². The van der Waals surface area contributed by atoms with E-state index in [9.17, 15) is 28.3 Å². The van der Waals surface area contributed by atoms with E-state index >= 15 is 0 Å². The van der Waals surface area contributed by atoms with E-state index in [4.69, 9.17) is 14.5 Å². The number of anilines is 1. The number of rotatable bonds is 8. The first kappa shape index (κ1) is 24.4. The molecule has 0 unspecified atom stereocenters. The molecule has 3 heterocycles. The van der Waals surface area contributed by atoms with E-state index in [2.05, 4.69) is 20.4 Å². The summed E-state index contributed by atoms with van der Waals surface area (Å²) in [6.45, 7) is -0.458. The van der Waals surface area contributed by atoms with Crippen LogP contribution in [0.25, 0.3) is 11.0 Å². The zero-order valence-electron chi connectivity index (χ0n) is 17.4. The number of nitrogens with zero attached hydrogens (tertiary/aromatic N) is 4. The summed E-state index contributed by atoms with van der Waals surface area (Å²) in [5.74, 6) is -0.355. The summed E-state index contributed by atoms with van der Waals surface area (Å²) >= 11 is 0. The number of aliphatic hydroxyl groups excluding tert-OH is 3. The van der Waals surface area contributed by atoms with Gasteiger partial charge in [-0.1, -0.05) is 12.8 Å². The summed E-state index contributed by atoms with van der Waals surface area (Å²) in [7, 11) is -9.16. The molecule has 1 saturated carbocycles. The molecule has 2 aliphatic rings. The van der Waals surface area contributed by atoms with Crippen molar-refractivity contribution in [3.05, 3.63) is 12.0 Å². The second-order valence-corrected chi connectivity index (χ2v) is 12.5. The lowest BCUT2D eigenvalue weighted by Crippen LogP contribution is -2.36. The van der Waals surface area contributed by atoms with Crippen LogP contribution < -0.4 is 5.32 Å². The van der Waals surface area contributed by atoms with Crippen LogP contribution in [0.5, 0.6) is 0 Å². The highest BCUT2D eigenvalue weighted by atomic mass is 32.2. The van der Waals surface area contributed by atoms with Crippen molar-refractivity contribution in [3.8, 4) is 0 Å².